The molecule has 0 unspecified atom stereocenters. The highest BCUT2D eigenvalue weighted by molar-refractivity contribution is 6.00. The zero-order valence-corrected chi connectivity index (χ0v) is 32.1. The van der Waals surface area contributed by atoms with Crippen molar-refractivity contribution in [3.05, 3.63) is 120 Å². The zero-order chi connectivity index (χ0) is 41.7. The second-order valence-electron chi connectivity index (χ2n) is 14.9. The molecule has 8 heterocycles. The first-order valence-electron chi connectivity index (χ1n) is 19.0. The van der Waals surface area contributed by atoms with Crippen LogP contribution in [0.5, 0.6) is 0 Å². The Morgan fingerprint density at radius 2 is 1.08 bits per heavy atom. The first-order valence-corrected chi connectivity index (χ1v) is 19.0. The maximum absolute atomic E-state index is 15.4. The van der Waals surface area contributed by atoms with Crippen molar-refractivity contribution in [1.29, 1.82) is 0 Å². The Hall–Kier alpha value is -7.76. The standard InChI is InChI=1S/2C21H18FN7O/c2*1-10-2-3-24-8-15(10)19-18(22)13-5-17(25-9-16(13)20(23)29-19)28-21(30)14-4-12(14)11-6-26-27-7-11/h2*2-3,5-9,12,14H,4H2,1H3,(H2,23,29)(H,26,27)(H,25,28,30)/t2*12-,14+/m10/s1. The number of rotatable bonds is 8. The number of fused-ring (bicyclic) bond motifs is 2. The number of amides is 2. The summed E-state index contributed by atoms with van der Waals surface area (Å²) in [6, 6.07) is 6.54. The molecule has 2 aliphatic rings. The number of nitrogens with one attached hydrogen (secondary N) is 4. The highest BCUT2D eigenvalue weighted by Gasteiger charge is 2.45. The van der Waals surface area contributed by atoms with Gasteiger partial charge in [-0.05, 0) is 85.0 Å². The van der Waals surface area contributed by atoms with E-state index < -0.39 is 11.6 Å². The number of anilines is 4. The molecule has 0 aliphatic heterocycles. The molecule has 2 fully saturated rings. The Bertz CT molecular complexity index is 2740. The van der Waals surface area contributed by atoms with Gasteiger partial charge in [-0.15, -0.1) is 0 Å². The molecule has 16 nitrogen and oxygen atoms in total. The Kier molecular flexibility index (Phi) is 9.58. The lowest BCUT2D eigenvalue weighted by molar-refractivity contribution is -0.118. The maximum Gasteiger partial charge on any atom is 0.229 e. The lowest BCUT2D eigenvalue weighted by Crippen LogP contribution is -2.15. The van der Waals surface area contributed by atoms with Crippen molar-refractivity contribution in [1.82, 2.24) is 50.3 Å². The first-order chi connectivity index (χ1) is 29.0. The number of aromatic nitrogens is 10. The number of hydrogen-bond acceptors (Lipinski definition) is 12. The van der Waals surface area contributed by atoms with Crippen LogP contribution in [0.25, 0.3) is 44.1 Å². The lowest BCUT2D eigenvalue weighted by Gasteiger charge is -2.11. The van der Waals surface area contributed by atoms with Crippen molar-refractivity contribution in [2.24, 2.45) is 11.8 Å². The molecule has 0 spiro atoms. The number of nitrogens with two attached hydrogens (primary N) is 2. The highest BCUT2D eigenvalue weighted by Crippen LogP contribution is 2.48. The van der Waals surface area contributed by atoms with Gasteiger partial charge in [0.2, 0.25) is 11.8 Å². The molecular weight excluding hydrogens is 771 g/mol. The average Bonchev–Trinajstić information content (AvgIpc) is 4.09. The molecule has 60 heavy (non-hydrogen) atoms. The number of pyridine rings is 6. The molecule has 8 N–H and O–H groups in total. The summed E-state index contributed by atoms with van der Waals surface area (Å²) in [4.78, 5) is 50.2. The summed E-state index contributed by atoms with van der Waals surface area (Å²) < 4.78 is 30.7. The molecule has 2 amide bonds. The largest absolute Gasteiger partial charge is 0.383 e. The van der Waals surface area contributed by atoms with E-state index in [9.17, 15) is 9.59 Å². The van der Waals surface area contributed by atoms with Gasteiger partial charge in [-0.3, -0.25) is 29.8 Å². The third-order valence-electron chi connectivity index (χ3n) is 11.0. The van der Waals surface area contributed by atoms with Gasteiger partial charge < -0.3 is 22.1 Å². The predicted octanol–water partition coefficient (Wildman–Crippen LogP) is 6.37. The second-order valence-corrected chi connectivity index (χ2v) is 14.9. The van der Waals surface area contributed by atoms with Gasteiger partial charge in [0.05, 0.1) is 12.4 Å². The molecule has 0 bridgehead atoms. The summed E-state index contributed by atoms with van der Waals surface area (Å²) in [7, 11) is 0. The summed E-state index contributed by atoms with van der Waals surface area (Å²) in [5, 5.41) is 20.2. The van der Waals surface area contributed by atoms with E-state index in [1.54, 1.807) is 61.7 Å². The number of nitrogen functional groups attached to an aromatic ring is 2. The van der Waals surface area contributed by atoms with Crippen LogP contribution in [0.2, 0.25) is 0 Å². The normalized spacial score (nSPS) is 17.8. The molecule has 4 atom stereocenters. The third-order valence-corrected chi connectivity index (χ3v) is 11.0. The van der Waals surface area contributed by atoms with Gasteiger partial charge in [-0.25, -0.2) is 28.7 Å². The Morgan fingerprint density at radius 1 is 0.650 bits per heavy atom. The van der Waals surface area contributed by atoms with Crippen LogP contribution in [0.4, 0.5) is 32.1 Å². The lowest BCUT2D eigenvalue weighted by atomic mass is 10.0. The number of hydrogen-bond donors (Lipinski definition) is 6. The van der Waals surface area contributed by atoms with Crippen LogP contribution in [0.15, 0.2) is 86.2 Å². The number of aryl methyl sites for hydroxylation is 2. The van der Waals surface area contributed by atoms with Crippen molar-refractivity contribution < 1.29 is 18.4 Å². The topological polar surface area (TPSA) is 245 Å². The summed E-state index contributed by atoms with van der Waals surface area (Å²) in [6.07, 6.45) is 17.7. The summed E-state index contributed by atoms with van der Waals surface area (Å²) >= 11 is 0. The summed E-state index contributed by atoms with van der Waals surface area (Å²) in [5.41, 5.74) is 17.2. The first kappa shape index (κ1) is 37.8. The molecule has 0 aromatic carbocycles. The van der Waals surface area contributed by atoms with E-state index in [-0.39, 0.29) is 80.9 Å². The fourth-order valence-corrected chi connectivity index (χ4v) is 7.39. The van der Waals surface area contributed by atoms with Crippen LogP contribution >= 0.6 is 0 Å². The third kappa shape index (κ3) is 7.18. The van der Waals surface area contributed by atoms with E-state index in [2.05, 4.69) is 60.9 Å². The molecule has 8 aromatic rings. The molecule has 2 saturated carbocycles. The Morgan fingerprint density at radius 3 is 1.47 bits per heavy atom. The van der Waals surface area contributed by atoms with Gasteiger partial charge in [0.15, 0.2) is 11.6 Å². The zero-order valence-electron chi connectivity index (χ0n) is 32.1. The number of carbonyl (C=O) groups excluding carboxylic acids is 2. The van der Waals surface area contributed by atoms with Crippen LogP contribution in [0.3, 0.4) is 0 Å². The van der Waals surface area contributed by atoms with E-state index in [0.29, 0.717) is 21.9 Å². The molecule has 10 rings (SSSR count). The smallest absolute Gasteiger partial charge is 0.229 e. The minimum absolute atomic E-state index is 0.122. The van der Waals surface area contributed by atoms with Gasteiger partial charge in [-0.1, -0.05) is 0 Å². The van der Waals surface area contributed by atoms with E-state index in [1.165, 1.54) is 24.5 Å². The fraction of sp³-hybridized carbons (Fsp3) is 0.190. The van der Waals surface area contributed by atoms with E-state index in [1.807, 2.05) is 13.8 Å². The van der Waals surface area contributed by atoms with Gasteiger partial charge in [-0.2, -0.15) is 10.2 Å². The van der Waals surface area contributed by atoms with Crippen LogP contribution < -0.4 is 22.1 Å². The molecule has 18 heteroatoms. The van der Waals surface area contributed by atoms with Gasteiger partial charge in [0.1, 0.15) is 34.7 Å². The molecule has 0 radical (unpaired) electrons. The van der Waals surface area contributed by atoms with E-state index in [4.69, 9.17) is 11.5 Å². The number of aromatic amines is 2. The van der Waals surface area contributed by atoms with E-state index >= 15 is 8.78 Å². The quantitative estimate of drug-likeness (QED) is 0.0981. The molecule has 8 aromatic heterocycles. The predicted molar refractivity (Wildman–Crippen MR) is 220 cm³/mol. The summed E-state index contributed by atoms with van der Waals surface area (Å²) in [6.45, 7) is 3.70. The molecule has 2 aliphatic carbocycles. The highest BCUT2D eigenvalue weighted by atomic mass is 19.1. The van der Waals surface area contributed by atoms with Gasteiger partial charge >= 0.3 is 0 Å². The van der Waals surface area contributed by atoms with E-state index in [0.717, 1.165) is 35.1 Å². The molecule has 300 valence electrons. The minimum Gasteiger partial charge on any atom is -0.383 e. The van der Waals surface area contributed by atoms with Crippen molar-refractivity contribution in [2.45, 2.75) is 38.5 Å². The number of nitrogens with zero attached hydrogens (tertiary/aromatic N) is 8. The Labute approximate surface area is 339 Å². The monoisotopic (exact) mass is 806 g/mol. The van der Waals surface area contributed by atoms with Crippen LogP contribution in [-0.2, 0) is 9.59 Å². The number of halogens is 2. The van der Waals surface area contributed by atoms with Crippen molar-refractivity contribution in [3.8, 4) is 22.5 Å². The SMILES string of the molecule is Cc1ccncc1-c1nc(N)c2cnc(NC(=O)[C@@H]3C[C@H]3c3cn[nH]c3)cc2c1F.Cc1ccncc1-c1nc(N)c2cnc(NC(=O)[C@H]3C[C@@H]3c3cn[nH]c3)cc2c1F. The number of H-pyrrole nitrogens is 2. The molecular formula is C42H36F2N14O2. The molecule has 0 saturated heterocycles. The fourth-order valence-electron chi connectivity index (χ4n) is 7.39. The summed E-state index contributed by atoms with van der Waals surface area (Å²) in [5.74, 6) is -0.532. The van der Waals surface area contributed by atoms with Crippen LogP contribution in [0.1, 0.15) is 46.9 Å². The van der Waals surface area contributed by atoms with Crippen LogP contribution in [-0.4, -0.2) is 62.1 Å². The Balaban J connectivity index is 0.000000154. The van der Waals surface area contributed by atoms with Crippen molar-refractivity contribution in [2.75, 3.05) is 22.1 Å². The maximum atomic E-state index is 15.4. The van der Waals surface area contributed by atoms with Crippen LogP contribution in [0, 0.1) is 37.3 Å². The van der Waals surface area contributed by atoms with Gasteiger partial charge in [0, 0.05) is 94.1 Å². The van der Waals surface area contributed by atoms with Gasteiger partial charge in [0.25, 0.3) is 0 Å². The minimum atomic E-state index is -0.532. The average molecular weight is 807 g/mol. The van der Waals surface area contributed by atoms with Crippen molar-refractivity contribution in [3.63, 3.8) is 0 Å². The van der Waals surface area contributed by atoms with Crippen molar-refractivity contribution >= 4 is 56.6 Å². The number of carbonyl (C=O) groups is 2. The second kappa shape index (κ2) is 15.2.